The van der Waals surface area contributed by atoms with Gasteiger partial charge >= 0.3 is 6.18 Å². The number of morpholine rings is 1. The van der Waals surface area contributed by atoms with Crippen LogP contribution in [0.5, 0.6) is 0 Å². The van der Waals surface area contributed by atoms with Crippen molar-refractivity contribution >= 4 is 11.7 Å². The molecule has 0 aliphatic carbocycles. The van der Waals surface area contributed by atoms with Crippen LogP contribution in [0.15, 0.2) is 36.5 Å². The highest BCUT2D eigenvalue weighted by molar-refractivity contribution is 5.94. The SMILES string of the molecule is O=C(NCc1nccc(N2CCOCC2)n1)c1ccc(C(F)(F)F)cc1. The molecule has 2 heterocycles. The first kappa shape index (κ1) is 18.1. The summed E-state index contributed by atoms with van der Waals surface area (Å²) in [5, 5.41) is 2.62. The van der Waals surface area contributed by atoms with Crippen LogP contribution in [-0.2, 0) is 17.5 Å². The van der Waals surface area contributed by atoms with E-state index in [0.29, 0.717) is 19.0 Å². The number of nitrogens with one attached hydrogen (secondary N) is 1. The number of alkyl halides is 3. The van der Waals surface area contributed by atoms with Gasteiger partial charge in [0, 0.05) is 24.8 Å². The molecular formula is C17H17F3N4O2. The van der Waals surface area contributed by atoms with Crippen molar-refractivity contribution < 1.29 is 22.7 Å². The zero-order chi connectivity index (χ0) is 18.6. The minimum absolute atomic E-state index is 0.0814. The average molecular weight is 366 g/mol. The number of amides is 1. The molecule has 1 N–H and O–H groups in total. The molecule has 1 fully saturated rings. The lowest BCUT2D eigenvalue weighted by molar-refractivity contribution is -0.137. The van der Waals surface area contributed by atoms with Gasteiger partial charge in [-0.15, -0.1) is 0 Å². The molecule has 1 aliphatic heterocycles. The Morgan fingerprint density at radius 3 is 2.50 bits per heavy atom. The number of nitrogens with zero attached hydrogens (tertiary/aromatic N) is 3. The number of anilines is 1. The molecule has 3 rings (SSSR count). The zero-order valence-electron chi connectivity index (χ0n) is 13.8. The van der Waals surface area contributed by atoms with E-state index < -0.39 is 17.6 Å². The summed E-state index contributed by atoms with van der Waals surface area (Å²) in [6.07, 6.45) is -2.82. The number of ether oxygens (including phenoxy) is 1. The fraction of sp³-hybridized carbons (Fsp3) is 0.353. The Labute approximate surface area is 148 Å². The minimum atomic E-state index is -4.43. The molecule has 6 nitrogen and oxygen atoms in total. The van der Waals surface area contributed by atoms with E-state index in [-0.39, 0.29) is 12.1 Å². The second-order valence-corrected chi connectivity index (χ2v) is 5.69. The van der Waals surface area contributed by atoms with E-state index in [1.807, 2.05) is 0 Å². The van der Waals surface area contributed by atoms with Gasteiger partial charge in [-0.2, -0.15) is 13.2 Å². The van der Waals surface area contributed by atoms with Crippen molar-refractivity contribution in [2.75, 3.05) is 31.2 Å². The Morgan fingerprint density at radius 2 is 1.85 bits per heavy atom. The van der Waals surface area contributed by atoms with Gasteiger partial charge in [-0.3, -0.25) is 4.79 Å². The standard InChI is InChI=1S/C17H17F3N4O2/c18-17(19,20)13-3-1-12(2-4-13)16(25)22-11-14-21-6-5-15(23-14)24-7-9-26-10-8-24/h1-6H,7-11H2,(H,22,25). The van der Waals surface area contributed by atoms with Crippen molar-refractivity contribution in [3.63, 3.8) is 0 Å². The summed E-state index contributed by atoms with van der Waals surface area (Å²) in [6.45, 7) is 2.80. The summed E-state index contributed by atoms with van der Waals surface area (Å²) < 4.78 is 43.0. The summed E-state index contributed by atoms with van der Waals surface area (Å²) in [7, 11) is 0. The second-order valence-electron chi connectivity index (χ2n) is 5.69. The zero-order valence-corrected chi connectivity index (χ0v) is 13.8. The lowest BCUT2D eigenvalue weighted by Gasteiger charge is -2.27. The molecule has 0 saturated carbocycles. The maximum absolute atomic E-state index is 12.6. The van der Waals surface area contributed by atoms with Gasteiger partial charge in [-0.1, -0.05) is 0 Å². The van der Waals surface area contributed by atoms with Crippen molar-refractivity contribution in [3.05, 3.63) is 53.5 Å². The minimum Gasteiger partial charge on any atom is -0.378 e. The number of hydrogen-bond donors (Lipinski definition) is 1. The predicted molar refractivity (Wildman–Crippen MR) is 87.7 cm³/mol. The molecule has 138 valence electrons. The number of hydrogen-bond acceptors (Lipinski definition) is 5. The Balaban J connectivity index is 1.60. The van der Waals surface area contributed by atoms with Crippen LogP contribution in [0.2, 0.25) is 0 Å². The van der Waals surface area contributed by atoms with Crippen LogP contribution in [0, 0.1) is 0 Å². The molecule has 0 unspecified atom stereocenters. The van der Waals surface area contributed by atoms with E-state index in [4.69, 9.17) is 4.74 Å². The summed E-state index contributed by atoms with van der Waals surface area (Å²) in [5.74, 6) is 0.690. The fourth-order valence-corrected chi connectivity index (χ4v) is 2.51. The Kier molecular flexibility index (Phi) is 5.36. The summed E-state index contributed by atoms with van der Waals surface area (Å²) in [5.41, 5.74) is -0.655. The largest absolute Gasteiger partial charge is 0.416 e. The molecule has 1 saturated heterocycles. The molecule has 2 aromatic rings. The third-order valence-electron chi connectivity index (χ3n) is 3.91. The van der Waals surface area contributed by atoms with E-state index in [0.717, 1.165) is 43.2 Å². The number of benzene rings is 1. The number of carbonyl (C=O) groups is 1. The highest BCUT2D eigenvalue weighted by atomic mass is 19.4. The van der Waals surface area contributed by atoms with Crippen molar-refractivity contribution in [3.8, 4) is 0 Å². The van der Waals surface area contributed by atoms with Crippen LogP contribution >= 0.6 is 0 Å². The molecule has 1 aromatic heterocycles. The normalized spacial score (nSPS) is 15.0. The second kappa shape index (κ2) is 7.69. The van der Waals surface area contributed by atoms with Gasteiger partial charge in [0.1, 0.15) is 11.6 Å². The van der Waals surface area contributed by atoms with Crippen molar-refractivity contribution in [1.82, 2.24) is 15.3 Å². The van der Waals surface area contributed by atoms with Crippen LogP contribution < -0.4 is 10.2 Å². The predicted octanol–water partition coefficient (Wildman–Crippen LogP) is 2.26. The summed E-state index contributed by atoms with van der Waals surface area (Å²) in [6, 6.07) is 5.83. The van der Waals surface area contributed by atoms with Gasteiger partial charge < -0.3 is 15.0 Å². The van der Waals surface area contributed by atoms with Gasteiger partial charge in [0.15, 0.2) is 0 Å². The summed E-state index contributed by atoms with van der Waals surface area (Å²) >= 11 is 0. The van der Waals surface area contributed by atoms with Crippen LogP contribution in [-0.4, -0.2) is 42.2 Å². The van der Waals surface area contributed by atoms with E-state index in [1.165, 1.54) is 0 Å². The van der Waals surface area contributed by atoms with Crippen molar-refractivity contribution in [1.29, 1.82) is 0 Å². The smallest absolute Gasteiger partial charge is 0.378 e. The van der Waals surface area contributed by atoms with Crippen LogP contribution in [0.1, 0.15) is 21.7 Å². The number of halogens is 3. The number of rotatable bonds is 4. The molecular weight excluding hydrogens is 349 g/mol. The maximum Gasteiger partial charge on any atom is 0.416 e. The highest BCUT2D eigenvalue weighted by Crippen LogP contribution is 2.29. The lowest BCUT2D eigenvalue weighted by Crippen LogP contribution is -2.37. The van der Waals surface area contributed by atoms with E-state index in [1.54, 1.807) is 12.3 Å². The Bertz CT molecular complexity index is 759. The van der Waals surface area contributed by atoms with Gasteiger partial charge in [0.05, 0.1) is 25.3 Å². The molecule has 1 aromatic carbocycles. The van der Waals surface area contributed by atoms with Crippen LogP contribution in [0.3, 0.4) is 0 Å². The average Bonchev–Trinajstić information content (AvgIpc) is 2.66. The molecule has 9 heteroatoms. The molecule has 26 heavy (non-hydrogen) atoms. The first-order chi connectivity index (χ1) is 12.4. The van der Waals surface area contributed by atoms with Crippen LogP contribution in [0.4, 0.5) is 19.0 Å². The fourth-order valence-electron chi connectivity index (χ4n) is 2.51. The maximum atomic E-state index is 12.6. The molecule has 1 amide bonds. The van der Waals surface area contributed by atoms with Crippen molar-refractivity contribution in [2.24, 2.45) is 0 Å². The van der Waals surface area contributed by atoms with Gasteiger partial charge in [0.2, 0.25) is 0 Å². The summed E-state index contributed by atoms with van der Waals surface area (Å²) in [4.78, 5) is 22.7. The quantitative estimate of drug-likeness (QED) is 0.899. The Morgan fingerprint density at radius 1 is 1.15 bits per heavy atom. The number of aromatic nitrogens is 2. The van der Waals surface area contributed by atoms with Gasteiger partial charge in [-0.25, -0.2) is 9.97 Å². The first-order valence-electron chi connectivity index (χ1n) is 8.03. The lowest BCUT2D eigenvalue weighted by atomic mass is 10.1. The van der Waals surface area contributed by atoms with Crippen molar-refractivity contribution in [2.45, 2.75) is 12.7 Å². The van der Waals surface area contributed by atoms with E-state index in [2.05, 4.69) is 20.2 Å². The van der Waals surface area contributed by atoms with E-state index >= 15 is 0 Å². The van der Waals surface area contributed by atoms with Gasteiger partial charge in [0.25, 0.3) is 5.91 Å². The molecule has 0 radical (unpaired) electrons. The van der Waals surface area contributed by atoms with Gasteiger partial charge in [-0.05, 0) is 30.3 Å². The molecule has 0 bridgehead atoms. The monoisotopic (exact) mass is 366 g/mol. The Hall–Kier alpha value is -2.68. The number of carbonyl (C=O) groups excluding carboxylic acids is 1. The highest BCUT2D eigenvalue weighted by Gasteiger charge is 2.30. The van der Waals surface area contributed by atoms with Crippen LogP contribution in [0.25, 0.3) is 0 Å². The first-order valence-corrected chi connectivity index (χ1v) is 8.03. The van der Waals surface area contributed by atoms with E-state index in [9.17, 15) is 18.0 Å². The molecule has 0 atom stereocenters. The molecule has 0 spiro atoms. The topological polar surface area (TPSA) is 67.4 Å². The molecule has 1 aliphatic rings. The third-order valence-corrected chi connectivity index (χ3v) is 3.91. The third kappa shape index (κ3) is 4.48.